The number of aromatic nitrogens is 2. The van der Waals surface area contributed by atoms with Gasteiger partial charge in [0.15, 0.2) is 0 Å². The van der Waals surface area contributed by atoms with Crippen LogP contribution in [0.4, 0.5) is 5.82 Å². The number of aliphatic hydroxyl groups is 1. The van der Waals surface area contributed by atoms with E-state index in [0.717, 1.165) is 36.6 Å². The Bertz CT molecular complexity index is 424. The van der Waals surface area contributed by atoms with Crippen molar-refractivity contribution < 1.29 is 5.11 Å². The first kappa shape index (κ1) is 14.2. The lowest BCUT2D eigenvalue weighted by Gasteiger charge is -2.34. The van der Waals surface area contributed by atoms with Crippen LogP contribution >= 0.6 is 0 Å². The predicted octanol–water partition coefficient (Wildman–Crippen LogP) is 1.56. The Labute approximate surface area is 115 Å². The number of aryl methyl sites for hydroxylation is 1. The standard InChI is InChI=1S/C14H24N4O/c1-10-8-13(15-2)17-14(16-10)9-18(3)11-6-4-5-7-12(11)19/h8,11-12,19H,4-7,9H2,1-3H3,(H,15,16,17). The van der Waals surface area contributed by atoms with Gasteiger partial charge < -0.3 is 10.4 Å². The minimum Gasteiger partial charge on any atom is -0.391 e. The van der Waals surface area contributed by atoms with Crippen LogP contribution < -0.4 is 5.32 Å². The summed E-state index contributed by atoms with van der Waals surface area (Å²) in [5, 5.41) is 13.1. The molecule has 19 heavy (non-hydrogen) atoms. The van der Waals surface area contributed by atoms with Gasteiger partial charge >= 0.3 is 0 Å². The molecule has 2 N–H and O–H groups in total. The lowest BCUT2D eigenvalue weighted by molar-refractivity contribution is 0.0278. The van der Waals surface area contributed by atoms with Crippen molar-refractivity contribution >= 4 is 5.82 Å². The highest BCUT2D eigenvalue weighted by atomic mass is 16.3. The van der Waals surface area contributed by atoms with Gasteiger partial charge in [-0.3, -0.25) is 4.90 Å². The van der Waals surface area contributed by atoms with Gasteiger partial charge in [0, 0.05) is 24.8 Å². The number of hydrogen-bond donors (Lipinski definition) is 2. The van der Waals surface area contributed by atoms with Gasteiger partial charge in [0.1, 0.15) is 11.6 Å². The zero-order chi connectivity index (χ0) is 13.8. The first-order chi connectivity index (χ1) is 9.10. The average molecular weight is 264 g/mol. The molecule has 106 valence electrons. The zero-order valence-corrected chi connectivity index (χ0v) is 12.1. The van der Waals surface area contributed by atoms with E-state index in [1.165, 1.54) is 6.42 Å². The highest BCUT2D eigenvalue weighted by molar-refractivity contribution is 5.34. The minimum atomic E-state index is -0.215. The first-order valence-corrected chi connectivity index (χ1v) is 7.00. The molecule has 0 aliphatic heterocycles. The molecule has 1 aliphatic rings. The van der Waals surface area contributed by atoms with Crippen molar-refractivity contribution in [3.63, 3.8) is 0 Å². The van der Waals surface area contributed by atoms with Gasteiger partial charge in [-0.05, 0) is 26.8 Å². The Kier molecular flexibility index (Phi) is 4.71. The molecule has 1 aromatic rings. The van der Waals surface area contributed by atoms with Gasteiger partial charge in [-0.2, -0.15) is 0 Å². The Morgan fingerprint density at radius 3 is 2.79 bits per heavy atom. The van der Waals surface area contributed by atoms with Crippen molar-refractivity contribution in [3.05, 3.63) is 17.6 Å². The summed E-state index contributed by atoms with van der Waals surface area (Å²) in [4.78, 5) is 11.1. The predicted molar refractivity (Wildman–Crippen MR) is 76.0 cm³/mol. The monoisotopic (exact) mass is 264 g/mol. The van der Waals surface area contributed by atoms with E-state index in [2.05, 4.69) is 20.2 Å². The van der Waals surface area contributed by atoms with E-state index < -0.39 is 0 Å². The topological polar surface area (TPSA) is 61.3 Å². The number of likely N-dealkylation sites (N-methyl/N-ethyl adjacent to an activating group) is 1. The molecule has 0 spiro atoms. The summed E-state index contributed by atoms with van der Waals surface area (Å²) in [5.74, 6) is 1.66. The summed E-state index contributed by atoms with van der Waals surface area (Å²) in [5.41, 5.74) is 0.965. The molecule has 2 unspecified atom stereocenters. The summed E-state index contributed by atoms with van der Waals surface area (Å²) >= 11 is 0. The van der Waals surface area contributed by atoms with Gasteiger partial charge in [-0.25, -0.2) is 9.97 Å². The highest BCUT2D eigenvalue weighted by Gasteiger charge is 2.26. The molecule has 0 aromatic carbocycles. The van der Waals surface area contributed by atoms with E-state index >= 15 is 0 Å². The fraction of sp³-hybridized carbons (Fsp3) is 0.714. The maximum atomic E-state index is 10.1. The van der Waals surface area contributed by atoms with Crippen LogP contribution in [0.3, 0.4) is 0 Å². The maximum Gasteiger partial charge on any atom is 0.144 e. The lowest BCUT2D eigenvalue weighted by Crippen LogP contribution is -2.43. The van der Waals surface area contributed by atoms with E-state index in [4.69, 9.17) is 0 Å². The van der Waals surface area contributed by atoms with Crippen LogP contribution in [0.1, 0.15) is 37.2 Å². The summed E-state index contributed by atoms with van der Waals surface area (Å²) in [6.07, 6.45) is 4.08. The molecule has 5 heteroatoms. The van der Waals surface area contributed by atoms with Crippen LogP contribution in [0.2, 0.25) is 0 Å². The molecular weight excluding hydrogens is 240 g/mol. The van der Waals surface area contributed by atoms with Crippen LogP contribution in [0, 0.1) is 6.92 Å². The van der Waals surface area contributed by atoms with Crippen molar-refractivity contribution in [1.82, 2.24) is 14.9 Å². The second-order valence-corrected chi connectivity index (χ2v) is 5.40. The molecule has 1 aliphatic carbocycles. The van der Waals surface area contributed by atoms with Gasteiger partial charge in [0.25, 0.3) is 0 Å². The Morgan fingerprint density at radius 2 is 2.11 bits per heavy atom. The SMILES string of the molecule is CNc1cc(C)nc(CN(C)C2CCCCC2O)n1. The number of anilines is 1. The zero-order valence-electron chi connectivity index (χ0n) is 12.1. The molecule has 5 nitrogen and oxygen atoms in total. The average Bonchev–Trinajstić information content (AvgIpc) is 2.38. The molecule has 2 rings (SSSR count). The van der Waals surface area contributed by atoms with Crippen molar-refractivity contribution in [3.8, 4) is 0 Å². The summed E-state index contributed by atoms with van der Waals surface area (Å²) < 4.78 is 0. The summed E-state index contributed by atoms with van der Waals surface area (Å²) in [6, 6.07) is 2.16. The van der Waals surface area contributed by atoms with Crippen molar-refractivity contribution in [2.75, 3.05) is 19.4 Å². The number of nitrogens with zero attached hydrogens (tertiary/aromatic N) is 3. The van der Waals surface area contributed by atoms with Crippen molar-refractivity contribution in [2.45, 2.75) is 51.3 Å². The minimum absolute atomic E-state index is 0.215. The molecule has 1 heterocycles. The second kappa shape index (κ2) is 6.30. The molecule has 0 amide bonds. The van der Waals surface area contributed by atoms with Crippen LogP contribution in [-0.2, 0) is 6.54 Å². The molecule has 0 saturated heterocycles. The molecule has 0 bridgehead atoms. The van der Waals surface area contributed by atoms with Crippen LogP contribution in [0.15, 0.2) is 6.07 Å². The van der Waals surface area contributed by atoms with Crippen LogP contribution in [-0.4, -0.2) is 46.2 Å². The Morgan fingerprint density at radius 1 is 1.37 bits per heavy atom. The number of nitrogens with one attached hydrogen (secondary N) is 1. The Hall–Kier alpha value is -1.20. The maximum absolute atomic E-state index is 10.1. The molecule has 1 aromatic heterocycles. The van der Waals surface area contributed by atoms with Crippen molar-refractivity contribution in [1.29, 1.82) is 0 Å². The normalized spacial score (nSPS) is 23.6. The smallest absolute Gasteiger partial charge is 0.144 e. The Balaban J connectivity index is 2.05. The first-order valence-electron chi connectivity index (χ1n) is 7.00. The van der Waals surface area contributed by atoms with Gasteiger partial charge in [-0.1, -0.05) is 12.8 Å². The van der Waals surface area contributed by atoms with Gasteiger partial charge in [0.05, 0.1) is 12.6 Å². The molecule has 1 saturated carbocycles. The van der Waals surface area contributed by atoms with Gasteiger partial charge in [-0.15, -0.1) is 0 Å². The third-order valence-corrected chi connectivity index (χ3v) is 3.81. The molecule has 0 radical (unpaired) electrons. The third kappa shape index (κ3) is 3.64. The highest BCUT2D eigenvalue weighted by Crippen LogP contribution is 2.23. The molecule has 2 atom stereocenters. The summed E-state index contributed by atoms with van der Waals surface area (Å²) in [7, 11) is 3.91. The summed E-state index contributed by atoms with van der Waals surface area (Å²) in [6.45, 7) is 2.65. The largest absolute Gasteiger partial charge is 0.391 e. The number of aliphatic hydroxyl groups excluding tert-OH is 1. The molecular formula is C14H24N4O. The lowest BCUT2D eigenvalue weighted by atomic mass is 9.91. The quantitative estimate of drug-likeness (QED) is 0.864. The fourth-order valence-corrected chi connectivity index (χ4v) is 2.77. The second-order valence-electron chi connectivity index (χ2n) is 5.40. The number of hydrogen-bond acceptors (Lipinski definition) is 5. The van der Waals surface area contributed by atoms with E-state index in [-0.39, 0.29) is 12.1 Å². The third-order valence-electron chi connectivity index (χ3n) is 3.81. The van der Waals surface area contributed by atoms with Crippen molar-refractivity contribution in [2.24, 2.45) is 0 Å². The number of rotatable bonds is 4. The fourth-order valence-electron chi connectivity index (χ4n) is 2.77. The van der Waals surface area contributed by atoms with Crippen LogP contribution in [0.5, 0.6) is 0 Å². The van der Waals surface area contributed by atoms with Gasteiger partial charge in [0.2, 0.25) is 0 Å². The molecule has 1 fully saturated rings. The van der Waals surface area contributed by atoms with Crippen LogP contribution in [0.25, 0.3) is 0 Å². The van der Waals surface area contributed by atoms with E-state index in [9.17, 15) is 5.11 Å². The van der Waals surface area contributed by atoms with E-state index in [0.29, 0.717) is 6.54 Å². The van der Waals surface area contributed by atoms with E-state index in [1.54, 1.807) is 0 Å². The van der Waals surface area contributed by atoms with E-state index in [1.807, 2.05) is 27.1 Å².